The molecule has 2 aromatic carbocycles. The lowest BCUT2D eigenvalue weighted by Crippen LogP contribution is -2.17. The van der Waals surface area contributed by atoms with Crippen molar-refractivity contribution in [2.24, 2.45) is 0 Å². The predicted molar refractivity (Wildman–Crippen MR) is 78.9 cm³/mol. The Balaban J connectivity index is 2.02. The number of halogens is 2. The smallest absolute Gasteiger partial charge is 0.256 e. The number of nitrogens with one attached hydrogen (secondary N) is 2. The van der Waals surface area contributed by atoms with Gasteiger partial charge in [0.05, 0.1) is 5.56 Å². The largest absolute Gasteiger partial charge is 0.322 e. The zero-order valence-corrected chi connectivity index (χ0v) is 11.2. The van der Waals surface area contributed by atoms with Crippen molar-refractivity contribution in [3.63, 3.8) is 0 Å². The van der Waals surface area contributed by atoms with E-state index in [1.54, 1.807) is 24.3 Å². The van der Waals surface area contributed by atoms with E-state index in [1.165, 1.54) is 6.07 Å². The fourth-order valence-electron chi connectivity index (χ4n) is 2.16. The van der Waals surface area contributed by atoms with E-state index >= 15 is 0 Å². The van der Waals surface area contributed by atoms with E-state index in [1.807, 2.05) is 0 Å². The molecular weight excluding hydrogens is 290 g/mol. The van der Waals surface area contributed by atoms with Crippen molar-refractivity contribution < 1.29 is 13.6 Å². The van der Waals surface area contributed by atoms with Crippen LogP contribution in [0.4, 0.5) is 14.5 Å². The molecule has 110 valence electrons. The predicted octanol–water partition coefficient (Wildman–Crippen LogP) is 3.06. The van der Waals surface area contributed by atoms with E-state index in [-0.39, 0.29) is 11.3 Å². The van der Waals surface area contributed by atoms with Gasteiger partial charge in [0.2, 0.25) is 5.56 Å². The van der Waals surface area contributed by atoms with Gasteiger partial charge in [0.25, 0.3) is 5.91 Å². The minimum absolute atomic E-state index is 0.105. The molecule has 22 heavy (non-hydrogen) atoms. The summed E-state index contributed by atoms with van der Waals surface area (Å²) in [7, 11) is 0. The van der Waals surface area contributed by atoms with Gasteiger partial charge in [-0.1, -0.05) is 18.2 Å². The first-order valence-electron chi connectivity index (χ1n) is 6.43. The number of amides is 1. The molecule has 3 aromatic rings. The molecule has 0 atom stereocenters. The molecule has 0 fully saturated rings. The lowest BCUT2D eigenvalue weighted by atomic mass is 10.1. The van der Waals surface area contributed by atoms with E-state index in [9.17, 15) is 18.4 Å². The van der Waals surface area contributed by atoms with E-state index in [2.05, 4.69) is 10.3 Å². The fraction of sp³-hybridized carbons (Fsp3) is 0. The number of anilines is 1. The van der Waals surface area contributed by atoms with Crippen LogP contribution in [0.5, 0.6) is 0 Å². The van der Waals surface area contributed by atoms with Crippen LogP contribution in [0.15, 0.2) is 53.3 Å². The highest BCUT2D eigenvalue weighted by atomic mass is 19.2. The Labute approximate surface area is 123 Å². The Kier molecular flexibility index (Phi) is 3.42. The number of hydrogen-bond donors (Lipinski definition) is 2. The lowest BCUT2D eigenvalue weighted by Gasteiger charge is -2.08. The SMILES string of the molecule is O=C(Nc1ccc(F)c(F)c1)c1cc(=O)[nH]c2ccccc12. The van der Waals surface area contributed by atoms with Crippen LogP contribution in [0, 0.1) is 11.6 Å². The standard InChI is InChI=1S/C16H10F2N2O2/c17-12-6-5-9(7-13(12)18)19-16(22)11-8-15(21)20-14-4-2-1-3-10(11)14/h1-8H,(H,19,22)(H,20,21). The van der Waals surface area contributed by atoms with E-state index < -0.39 is 23.1 Å². The Morgan fingerprint density at radius 3 is 2.55 bits per heavy atom. The molecule has 0 saturated heterocycles. The zero-order chi connectivity index (χ0) is 15.7. The van der Waals surface area contributed by atoms with Gasteiger partial charge in [-0.15, -0.1) is 0 Å². The molecule has 0 bridgehead atoms. The second-order valence-corrected chi connectivity index (χ2v) is 4.68. The third-order valence-electron chi connectivity index (χ3n) is 3.17. The number of hydrogen-bond acceptors (Lipinski definition) is 2. The second kappa shape index (κ2) is 5.40. The normalized spacial score (nSPS) is 10.6. The summed E-state index contributed by atoms with van der Waals surface area (Å²) in [6.07, 6.45) is 0. The third-order valence-corrected chi connectivity index (χ3v) is 3.17. The van der Waals surface area contributed by atoms with Gasteiger partial charge in [0.1, 0.15) is 0 Å². The number of aromatic nitrogens is 1. The topological polar surface area (TPSA) is 62.0 Å². The minimum Gasteiger partial charge on any atom is -0.322 e. The van der Waals surface area contributed by atoms with Crippen LogP contribution in [0.1, 0.15) is 10.4 Å². The van der Waals surface area contributed by atoms with Gasteiger partial charge < -0.3 is 10.3 Å². The first-order valence-corrected chi connectivity index (χ1v) is 6.43. The van der Waals surface area contributed by atoms with Gasteiger partial charge in [-0.25, -0.2) is 8.78 Å². The van der Waals surface area contributed by atoms with Gasteiger partial charge in [-0.2, -0.15) is 0 Å². The summed E-state index contributed by atoms with van der Waals surface area (Å²) in [5, 5.41) is 3.00. The first-order chi connectivity index (χ1) is 10.5. The molecule has 0 aliphatic rings. The average Bonchev–Trinajstić information content (AvgIpc) is 2.50. The molecule has 0 aliphatic heterocycles. The summed E-state index contributed by atoms with van der Waals surface area (Å²) in [5.74, 6) is -2.64. The highest BCUT2D eigenvalue weighted by Crippen LogP contribution is 2.18. The van der Waals surface area contributed by atoms with Crippen molar-refractivity contribution in [3.8, 4) is 0 Å². The average molecular weight is 300 g/mol. The summed E-state index contributed by atoms with van der Waals surface area (Å²) >= 11 is 0. The number of carbonyl (C=O) groups is 1. The maximum absolute atomic E-state index is 13.2. The van der Waals surface area contributed by atoms with Crippen LogP contribution >= 0.6 is 0 Å². The number of para-hydroxylation sites is 1. The van der Waals surface area contributed by atoms with Crippen molar-refractivity contribution >= 4 is 22.5 Å². The Hall–Kier alpha value is -3.02. The van der Waals surface area contributed by atoms with Crippen LogP contribution in [0.25, 0.3) is 10.9 Å². The molecule has 0 spiro atoms. The van der Waals surface area contributed by atoms with Gasteiger partial charge in [0.15, 0.2) is 11.6 Å². The van der Waals surface area contributed by atoms with Crippen LogP contribution in [0.2, 0.25) is 0 Å². The Morgan fingerprint density at radius 2 is 1.77 bits per heavy atom. The number of rotatable bonds is 2. The van der Waals surface area contributed by atoms with E-state index in [0.29, 0.717) is 10.9 Å². The molecule has 1 aromatic heterocycles. The highest BCUT2D eigenvalue weighted by Gasteiger charge is 2.13. The number of fused-ring (bicyclic) bond motifs is 1. The summed E-state index contributed by atoms with van der Waals surface area (Å²) in [5.41, 5.74) is 0.358. The molecule has 1 amide bonds. The number of benzene rings is 2. The summed E-state index contributed by atoms with van der Waals surface area (Å²) in [6, 6.07) is 11.0. The van der Waals surface area contributed by atoms with Gasteiger partial charge in [-0.05, 0) is 18.2 Å². The second-order valence-electron chi connectivity index (χ2n) is 4.68. The summed E-state index contributed by atoms with van der Waals surface area (Å²) in [4.78, 5) is 26.5. The summed E-state index contributed by atoms with van der Waals surface area (Å²) < 4.78 is 26.1. The third kappa shape index (κ3) is 2.58. The van der Waals surface area contributed by atoms with Crippen LogP contribution in [-0.4, -0.2) is 10.9 Å². The Morgan fingerprint density at radius 1 is 1.00 bits per heavy atom. The van der Waals surface area contributed by atoms with Gasteiger partial charge >= 0.3 is 0 Å². The monoisotopic (exact) mass is 300 g/mol. The molecule has 2 N–H and O–H groups in total. The molecule has 0 unspecified atom stereocenters. The maximum Gasteiger partial charge on any atom is 0.256 e. The maximum atomic E-state index is 13.2. The minimum atomic E-state index is -1.06. The van der Waals surface area contributed by atoms with Crippen LogP contribution < -0.4 is 10.9 Å². The Bertz CT molecular complexity index is 935. The van der Waals surface area contributed by atoms with Gasteiger partial charge in [-0.3, -0.25) is 9.59 Å². The molecular formula is C16H10F2N2O2. The first kappa shape index (κ1) is 13.9. The molecule has 1 heterocycles. The summed E-state index contributed by atoms with van der Waals surface area (Å²) in [6.45, 7) is 0. The highest BCUT2D eigenvalue weighted by molar-refractivity contribution is 6.12. The van der Waals surface area contributed by atoms with Crippen molar-refractivity contribution in [1.82, 2.24) is 4.98 Å². The number of pyridine rings is 1. The fourth-order valence-corrected chi connectivity index (χ4v) is 2.16. The molecule has 0 saturated carbocycles. The number of H-pyrrole nitrogens is 1. The van der Waals surface area contributed by atoms with Crippen molar-refractivity contribution in [3.05, 3.63) is 76.1 Å². The van der Waals surface area contributed by atoms with Crippen molar-refractivity contribution in [2.75, 3.05) is 5.32 Å². The quantitative estimate of drug-likeness (QED) is 0.764. The zero-order valence-electron chi connectivity index (χ0n) is 11.2. The van der Waals surface area contributed by atoms with E-state index in [4.69, 9.17) is 0 Å². The van der Waals surface area contributed by atoms with Gasteiger partial charge in [0, 0.05) is 28.7 Å². The van der Waals surface area contributed by atoms with Crippen molar-refractivity contribution in [2.45, 2.75) is 0 Å². The molecule has 0 aliphatic carbocycles. The van der Waals surface area contributed by atoms with Crippen molar-refractivity contribution in [1.29, 1.82) is 0 Å². The molecule has 6 heteroatoms. The lowest BCUT2D eigenvalue weighted by molar-refractivity contribution is 0.102. The molecule has 3 rings (SSSR count). The number of aromatic amines is 1. The number of carbonyl (C=O) groups excluding carboxylic acids is 1. The van der Waals surface area contributed by atoms with Crippen LogP contribution in [-0.2, 0) is 0 Å². The molecule has 4 nitrogen and oxygen atoms in total. The van der Waals surface area contributed by atoms with Crippen LogP contribution in [0.3, 0.4) is 0 Å². The molecule has 0 radical (unpaired) electrons. The van der Waals surface area contributed by atoms with E-state index in [0.717, 1.165) is 18.2 Å².